The zero-order valence-electron chi connectivity index (χ0n) is 7.21. The van der Waals surface area contributed by atoms with Gasteiger partial charge in [-0.05, 0) is 18.3 Å². The second-order valence-corrected chi connectivity index (χ2v) is 10.2. The fraction of sp³-hybridized carbons (Fsp3) is 0.333. The zero-order chi connectivity index (χ0) is 8.44. The van der Waals surface area contributed by atoms with E-state index in [1.165, 1.54) is 17.5 Å². The molecule has 1 atom stereocenters. The SMILES string of the molecule is C[Si]1(c2ccccc2)NCCS1. The Morgan fingerprint density at radius 1 is 1.33 bits per heavy atom. The lowest BCUT2D eigenvalue weighted by atomic mass is 10.4. The standard InChI is InChI=1S/C9H13NSSi/c1-12(10-7-8-11-12)9-5-3-2-4-6-9/h2-6,10H,7-8H2,1H3. The molecular weight excluding hydrogens is 182 g/mol. The van der Waals surface area contributed by atoms with Gasteiger partial charge in [-0.25, -0.2) is 0 Å². The Morgan fingerprint density at radius 2 is 2.08 bits per heavy atom. The van der Waals surface area contributed by atoms with Crippen molar-refractivity contribution in [1.29, 1.82) is 0 Å². The maximum atomic E-state index is 3.65. The van der Waals surface area contributed by atoms with Crippen molar-refractivity contribution in [3.05, 3.63) is 30.3 Å². The monoisotopic (exact) mass is 195 g/mol. The molecule has 0 aliphatic carbocycles. The van der Waals surface area contributed by atoms with Gasteiger partial charge in [0.05, 0.1) is 0 Å². The summed E-state index contributed by atoms with van der Waals surface area (Å²) in [5.41, 5.74) is 0. The summed E-state index contributed by atoms with van der Waals surface area (Å²) in [4.78, 5) is 3.65. The van der Waals surface area contributed by atoms with Gasteiger partial charge in [-0.3, -0.25) is 0 Å². The number of hydrogen-bond donors (Lipinski definition) is 1. The molecule has 0 saturated carbocycles. The molecule has 64 valence electrons. The molecular formula is C9H13NSSi. The maximum Gasteiger partial charge on any atom is 0.217 e. The van der Waals surface area contributed by atoms with E-state index in [1.807, 2.05) is 0 Å². The van der Waals surface area contributed by atoms with Gasteiger partial charge in [0.25, 0.3) is 0 Å². The van der Waals surface area contributed by atoms with E-state index in [9.17, 15) is 0 Å². The molecule has 0 amide bonds. The Balaban J connectivity index is 2.29. The smallest absolute Gasteiger partial charge is 0.217 e. The van der Waals surface area contributed by atoms with Gasteiger partial charge in [0.15, 0.2) is 0 Å². The average molecular weight is 195 g/mol. The zero-order valence-corrected chi connectivity index (χ0v) is 9.03. The van der Waals surface area contributed by atoms with Crippen LogP contribution in [0.4, 0.5) is 0 Å². The second-order valence-electron chi connectivity index (χ2n) is 3.17. The van der Waals surface area contributed by atoms with Gasteiger partial charge in [-0.1, -0.05) is 30.3 Å². The third kappa shape index (κ3) is 1.44. The Bertz CT molecular complexity index is 256. The van der Waals surface area contributed by atoms with Crippen LogP contribution in [0.5, 0.6) is 0 Å². The summed E-state index contributed by atoms with van der Waals surface area (Å²) in [6.45, 7) is 3.57. The van der Waals surface area contributed by atoms with Crippen LogP contribution >= 0.6 is 11.2 Å². The van der Waals surface area contributed by atoms with E-state index in [1.54, 1.807) is 0 Å². The first-order chi connectivity index (χ1) is 5.81. The summed E-state index contributed by atoms with van der Waals surface area (Å²) in [6, 6.07) is 10.8. The molecule has 1 unspecified atom stereocenters. The van der Waals surface area contributed by atoms with Crippen LogP contribution in [0.2, 0.25) is 6.55 Å². The molecule has 1 fully saturated rings. The van der Waals surface area contributed by atoms with E-state index in [-0.39, 0.29) is 0 Å². The number of benzene rings is 1. The molecule has 2 rings (SSSR count). The molecule has 0 bridgehead atoms. The average Bonchev–Trinajstić information content (AvgIpc) is 2.55. The van der Waals surface area contributed by atoms with Gasteiger partial charge in [0.1, 0.15) is 0 Å². The molecule has 12 heavy (non-hydrogen) atoms. The minimum atomic E-state index is -1.30. The number of nitrogens with one attached hydrogen (secondary N) is 1. The van der Waals surface area contributed by atoms with E-state index in [2.05, 4.69) is 53.1 Å². The van der Waals surface area contributed by atoms with Crippen molar-refractivity contribution in [2.75, 3.05) is 12.3 Å². The van der Waals surface area contributed by atoms with Crippen molar-refractivity contribution >= 4 is 23.8 Å². The van der Waals surface area contributed by atoms with Crippen molar-refractivity contribution in [3.63, 3.8) is 0 Å². The molecule has 1 aliphatic rings. The van der Waals surface area contributed by atoms with Gasteiger partial charge < -0.3 is 4.98 Å². The first kappa shape index (κ1) is 8.35. The lowest BCUT2D eigenvalue weighted by molar-refractivity contribution is 1.02. The van der Waals surface area contributed by atoms with Crippen LogP contribution in [0.1, 0.15) is 0 Å². The predicted octanol–water partition coefficient (Wildman–Crippen LogP) is 1.30. The van der Waals surface area contributed by atoms with Gasteiger partial charge in [-0.15, -0.1) is 0 Å². The Labute approximate surface area is 78.3 Å². The molecule has 1 heterocycles. The highest BCUT2D eigenvalue weighted by Crippen LogP contribution is 2.21. The van der Waals surface area contributed by atoms with Crippen molar-refractivity contribution in [2.45, 2.75) is 6.55 Å². The Morgan fingerprint density at radius 3 is 2.67 bits per heavy atom. The molecule has 0 radical (unpaired) electrons. The van der Waals surface area contributed by atoms with Crippen LogP contribution in [0.25, 0.3) is 0 Å². The van der Waals surface area contributed by atoms with Crippen LogP contribution in [-0.4, -0.2) is 19.7 Å². The number of hydrogen-bond acceptors (Lipinski definition) is 2. The van der Waals surface area contributed by atoms with Gasteiger partial charge in [-0.2, -0.15) is 11.2 Å². The Kier molecular flexibility index (Phi) is 2.26. The molecule has 1 aromatic carbocycles. The second kappa shape index (κ2) is 3.24. The van der Waals surface area contributed by atoms with E-state index in [0.29, 0.717) is 0 Å². The van der Waals surface area contributed by atoms with Crippen molar-refractivity contribution in [1.82, 2.24) is 4.98 Å². The summed E-state index contributed by atoms with van der Waals surface area (Å²) >= 11 is 2.13. The summed E-state index contributed by atoms with van der Waals surface area (Å²) in [5.74, 6) is 1.28. The largest absolute Gasteiger partial charge is 0.325 e. The van der Waals surface area contributed by atoms with Crippen LogP contribution in [0.3, 0.4) is 0 Å². The quantitative estimate of drug-likeness (QED) is 0.678. The minimum Gasteiger partial charge on any atom is -0.325 e. The summed E-state index contributed by atoms with van der Waals surface area (Å²) in [7, 11) is -1.30. The predicted molar refractivity (Wildman–Crippen MR) is 58.2 cm³/mol. The highest BCUT2D eigenvalue weighted by Gasteiger charge is 2.33. The minimum absolute atomic E-state index is 1.18. The molecule has 0 spiro atoms. The van der Waals surface area contributed by atoms with Crippen LogP contribution in [-0.2, 0) is 0 Å². The van der Waals surface area contributed by atoms with Crippen LogP contribution in [0.15, 0.2) is 30.3 Å². The highest BCUT2D eigenvalue weighted by molar-refractivity contribution is 8.30. The third-order valence-corrected chi connectivity index (χ3v) is 9.11. The van der Waals surface area contributed by atoms with Gasteiger partial charge in [0, 0.05) is 5.75 Å². The Hall–Kier alpha value is -0.253. The molecule has 1 N–H and O–H groups in total. The molecule has 0 aromatic heterocycles. The normalized spacial score (nSPS) is 29.1. The van der Waals surface area contributed by atoms with Crippen LogP contribution in [0, 0.1) is 0 Å². The first-order valence-corrected chi connectivity index (χ1v) is 8.47. The molecule has 1 nitrogen and oxygen atoms in total. The maximum absolute atomic E-state index is 3.65. The van der Waals surface area contributed by atoms with E-state index in [0.717, 1.165) is 0 Å². The summed E-state index contributed by atoms with van der Waals surface area (Å²) < 4.78 is 0. The van der Waals surface area contributed by atoms with E-state index >= 15 is 0 Å². The molecule has 1 aliphatic heterocycles. The number of rotatable bonds is 1. The van der Waals surface area contributed by atoms with Crippen molar-refractivity contribution in [2.24, 2.45) is 0 Å². The highest BCUT2D eigenvalue weighted by atomic mass is 32.4. The lowest BCUT2D eigenvalue weighted by Gasteiger charge is -2.20. The van der Waals surface area contributed by atoms with Crippen LogP contribution < -0.4 is 10.2 Å². The topological polar surface area (TPSA) is 12.0 Å². The van der Waals surface area contributed by atoms with E-state index < -0.39 is 7.38 Å². The van der Waals surface area contributed by atoms with Crippen molar-refractivity contribution in [3.8, 4) is 0 Å². The summed E-state index contributed by atoms with van der Waals surface area (Å²) in [6.07, 6.45) is 0. The lowest BCUT2D eigenvalue weighted by Crippen LogP contribution is -2.51. The third-order valence-electron chi connectivity index (χ3n) is 2.28. The van der Waals surface area contributed by atoms with E-state index in [4.69, 9.17) is 0 Å². The molecule has 1 aromatic rings. The van der Waals surface area contributed by atoms with Gasteiger partial charge >= 0.3 is 0 Å². The fourth-order valence-corrected chi connectivity index (χ4v) is 7.29. The fourth-order valence-electron chi connectivity index (χ4n) is 1.54. The molecule has 3 heteroatoms. The summed E-state index contributed by atoms with van der Waals surface area (Å²) in [5, 5.41) is 1.52. The van der Waals surface area contributed by atoms with Crippen molar-refractivity contribution < 1.29 is 0 Å². The molecule has 1 saturated heterocycles. The van der Waals surface area contributed by atoms with Gasteiger partial charge in [0.2, 0.25) is 7.38 Å². The first-order valence-electron chi connectivity index (χ1n) is 4.26.